The molecule has 0 fully saturated rings. The molecule has 0 spiro atoms. The number of halogens is 1. The minimum atomic E-state index is -0.833. The second-order valence-corrected chi connectivity index (χ2v) is 2.96. The second-order valence-electron chi connectivity index (χ2n) is 2.96. The zero-order chi connectivity index (χ0) is 11.4. The topological polar surface area (TPSA) is 72.2 Å². The number of carbonyl (C=O) groups excluding carboxylic acids is 2. The first-order chi connectivity index (χ1) is 7.04. The average Bonchev–Trinajstić information content (AvgIpc) is 2.17. The molecule has 1 rings (SSSR count). The third-order valence-corrected chi connectivity index (χ3v) is 1.84. The standard InChI is InChI=1S/C10H11FN2O2/c1-2-9(14)13-6-3-4-7(10(12)15)8(11)5-6/h3-5H,2H2,1H3,(H2,12,15)(H,13,14). The summed E-state index contributed by atoms with van der Waals surface area (Å²) in [6, 6.07) is 3.73. The molecule has 2 amide bonds. The number of hydrogen-bond donors (Lipinski definition) is 2. The van der Waals surface area contributed by atoms with Crippen molar-refractivity contribution in [2.45, 2.75) is 13.3 Å². The number of primary amides is 1. The molecule has 0 aliphatic carbocycles. The first kappa shape index (κ1) is 11.2. The number of anilines is 1. The van der Waals surface area contributed by atoms with Gasteiger partial charge < -0.3 is 11.1 Å². The van der Waals surface area contributed by atoms with Crippen molar-refractivity contribution in [2.24, 2.45) is 5.73 Å². The van der Waals surface area contributed by atoms with E-state index in [1.807, 2.05) is 0 Å². The van der Waals surface area contributed by atoms with Gasteiger partial charge in [0.1, 0.15) is 5.82 Å². The summed E-state index contributed by atoms with van der Waals surface area (Å²) in [6.45, 7) is 1.68. The molecule has 15 heavy (non-hydrogen) atoms. The van der Waals surface area contributed by atoms with Crippen LogP contribution < -0.4 is 11.1 Å². The fourth-order valence-electron chi connectivity index (χ4n) is 1.04. The Morgan fingerprint density at radius 1 is 1.47 bits per heavy atom. The molecule has 0 bridgehead atoms. The van der Waals surface area contributed by atoms with Crippen molar-refractivity contribution in [3.05, 3.63) is 29.6 Å². The first-order valence-electron chi connectivity index (χ1n) is 4.43. The average molecular weight is 210 g/mol. The van der Waals surface area contributed by atoms with Gasteiger partial charge in [-0.05, 0) is 18.2 Å². The zero-order valence-electron chi connectivity index (χ0n) is 8.21. The summed E-state index contributed by atoms with van der Waals surface area (Å²) in [7, 11) is 0. The van der Waals surface area contributed by atoms with Crippen molar-refractivity contribution in [1.29, 1.82) is 0 Å². The van der Waals surface area contributed by atoms with Gasteiger partial charge in [-0.15, -0.1) is 0 Å². The molecule has 0 unspecified atom stereocenters. The molecule has 5 heteroatoms. The highest BCUT2D eigenvalue weighted by Gasteiger charge is 2.09. The van der Waals surface area contributed by atoms with Crippen molar-refractivity contribution < 1.29 is 14.0 Å². The number of hydrogen-bond acceptors (Lipinski definition) is 2. The van der Waals surface area contributed by atoms with Gasteiger partial charge in [0.25, 0.3) is 5.91 Å². The Hall–Kier alpha value is -1.91. The largest absolute Gasteiger partial charge is 0.366 e. The first-order valence-corrected chi connectivity index (χ1v) is 4.43. The molecule has 1 aromatic carbocycles. The zero-order valence-corrected chi connectivity index (χ0v) is 8.21. The van der Waals surface area contributed by atoms with Crippen LogP contribution in [-0.2, 0) is 4.79 Å². The van der Waals surface area contributed by atoms with Crippen molar-refractivity contribution in [1.82, 2.24) is 0 Å². The number of carbonyl (C=O) groups is 2. The van der Waals surface area contributed by atoms with E-state index in [1.165, 1.54) is 12.1 Å². The summed E-state index contributed by atoms with van der Waals surface area (Å²) in [5, 5.41) is 2.47. The van der Waals surface area contributed by atoms with Gasteiger partial charge in [-0.1, -0.05) is 6.92 Å². The van der Waals surface area contributed by atoms with E-state index in [4.69, 9.17) is 5.73 Å². The fraction of sp³-hybridized carbons (Fsp3) is 0.200. The molecular formula is C10H11FN2O2. The molecule has 0 saturated carbocycles. The van der Waals surface area contributed by atoms with E-state index in [-0.39, 0.29) is 11.5 Å². The minimum absolute atomic E-state index is 0.190. The van der Waals surface area contributed by atoms with Gasteiger partial charge >= 0.3 is 0 Å². The van der Waals surface area contributed by atoms with Gasteiger partial charge in [-0.2, -0.15) is 0 Å². The lowest BCUT2D eigenvalue weighted by Crippen LogP contribution is -2.14. The Kier molecular flexibility index (Phi) is 3.38. The van der Waals surface area contributed by atoms with E-state index in [9.17, 15) is 14.0 Å². The van der Waals surface area contributed by atoms with E-state index < -0.39 is 11.7 Å². The summed E-state index contributed by atoms with van der Waals surface area (Å²) >= 11 is 0. The smallest absolute Gasteiger partial charge is 0.251 e. The fourth-order valence-corrected chi connectivity index (χ4v) is 1.04. The highest BCUT2D eigenvalue weighted by molar-refractivity contribution is 5.95. The van der Waals surface area contributed by atoms with Gasteiger partial charge in [0, 0.05) is 12.1 Å². The molecule has 0 aliphatic rings. The maximum atomic E-state index is 13.2. The van der Waals surface area contributed by atoms with E-state index in [0.29, 0.717) is 12.1 Å². The molecule has 0 radical (unpaired) electrons. The van der Waals surface area contributed by atoms with Crippen LogP contribution in [0.3, 0.4) is 0 Å². The van der Waals surface area contributed by atoms with Gasteiger partial charge in [-0.25, -0.2) is 4.39 Å². The quantitative estimate of drug-likeness (QED) is 0.788. The van der Waals surface area contributed by atoms with Crippen molar-refractivity contribution >= 4 is 17.5 Å². The Bertz CT molecular complexity index is 404. The van der Waals surface area contributed by atoms with E-state index in [2.05, 4.69) is 5.32 Å². The number of benzene rings is 1. The number of nitrogens with two attached hydrogens (primary N) is 1. The van der Waals surface area contributed by atoms with Gasteiger partial charge in [0.15, 0.2) is 0 Å². The lowest BCUT2D eigenvalue weighted by Gasteiger charge is -2.04. The Morgan fingerprint density at radius 3 is 2.60 bits per heavy atom. The van der Waals surface area contributed by atoms with Crippen LogP contribution in [0.15, 0.2) is 18.2 Å². The molecule has 0 atom stereocenters. The van der Waals surface area contributed by atoms with Crippen molar-refractivity contribution in [3.63, 3.8) is 0 Å². The number of rotatable bonds is 3. The normalized spacial score (nSPS) is 9.73. The number of nitrogens with one attached hydrogen (secondary N) is 1. The summed E-state index contributed by atoms with van der Waals surface area (Å²) in [4.78, 5) is 21.7. The van der Waals surface area contributed by atoms with E-state index >= 15 is 0 Å². The lowest BCUT2D eigenvalue weighted by molar-refractivity contribution is -0.115. The predicted molar refractivity (Wildman–Crippen MR) is 53.8 cm³/mol. The molecule has 0 saturated heterocycles. The predicted octanol–water partition coefficient (Wildman–Crippen LogP) is 1.27. The SMILES string of the molecule is CCC(=O)Nc1ccc(C(N)=O)c(F)c1. The van der Waals surface area contributed by atoms with E-state index in [0.717, 1.165) is 6.07 Å². The Balaban J connectivity index is 2.91. The molecular weight excluding hydrogens is 199 g/mol. The van der Waals surface area contributed by atoms with Gasteiger partial charge in [0.05, 0.1) is 5.56 Å². The van der Waals surface area contributed by atoms with Crippen LogP contribution in [0, 0.1) is 5.82 Å². The summed E-state index contributed by atoms with van der Waals surface area (Å²) in [5.74, 6) is -1.79. The van der Waals surface area contributed by atoms with Gasteiger partial charge in [-0.3, -0.25) is 9.59 Å². The Labute approximate surface area is 86.3 Å². The molecule has 80 valence electrons. The minimum Gasteiger partial charge on any atom is -0.366 e. The van der Waals surface area contributed by atoms with Crippen LogP contribution in [0.2, 0.25) is 0 Å². The Morgan fingerprint density at radius 2 is 2.13 bits per heavy atom. The molecule has 1 aromatic rings. The van der Waals surface area contributed by atoms with Crippen molar-refractivity contribution in [3.8, 4) is 0 Å². The lowest BCUT2D eigenvalue weighted by atomic mass is 10.2. The molecule has 4 nitrogen and oxygen atoms in total. The van der Waals surface area contributed by atoms with Crippen LogP contribution in [0.1, 0.15) is 23.7 Å². The monoisotopic (exact) mass is 210 g/mol. The molecule has 0 aromatic heterocycles. The molecule has 0 aliphatic heterocycles. The van der Waals surface area contributed by atoms with Crippen LogP contribution >= 0.6 is 0 Å². The molecule has 0 heterocycles. The number of amides is 2. The highest BCUT2D eigenvalue weighted by atomic mass is 19.1. The highest BCUT2D eigenvalue weighted by Crippen LogP contribution is 2.14. The van der Waals surface area contributed by atoms with Crippen LogP contribution in [-0.4, -0.2) is 11.8 Å². The maximum Gasteiger partial charge on any atom is 0.251 e. The summed E-state index contributed by atoms with van der Waals surface area (Å²) in [6.07, 6.45) is 0.305. The van der Waals surface area contributed by atoms with Crippen LogP contribution in [0.25, 0.3) is 0 Å². The summed E-state index contributed by atoms with van der Waals surface area (Å²) in [5.41, 5.74) is 5.05. The molecule has 3 N–H and O–H groups in total. The van der Waals surface area contributed by atoms with Crippen LogP contribution in [0.4, 0.5) is 10.1 Å². The van der Waals surface area contributed by atoms with E-state index in [1.54, 1.807) is 6.92 Å². The maximum absolute atomic E-state index is 13.2. The van der Waals surface area contributed by atoms with Crippen molar-refractivity contribution in [2.75, 3.05) is 5.32 Å². The second kappa shape index (κ2) is 4.54. The summed E-state index contributed by atoms with van der Waals surface area (Å²) < 4.78 is 13.2. The van der Waals surface area contributed by atoms with Gasteiger partial charge in [0.2, 0.25) is 5.91 Å². The third-order valence-electron chi connectivity index (χ3n) is 1.84. The van der Waals surface area contributed by atoms with Crippen LogP contribution in [0.5, 0.6) is 0 Å². The third kappa shape index (κ3) is 2.77.